The summed E-state index contributed by atoms with van der Waals surface area (Å²) in [6.07, 6.45) is 4.54. The van der Waals surface area contributed by atoms with Crippen molar-refractivity contribution in [1.29, 1.82) is 0 Å². The van der Waals surface area contributed by atoms with Gasteiger partial charge in [0.15, 0.2) is 0 Å². The van der Waals surface area contributed by atoms with Gasteiger partial charge in [0.1, 0.15) is 0 Å². The van der Waals surface area contributed by atoms with E-state index in [-0.39, 0.29) is 11.0 Å². The molecule has 1 aromatic rings. The van der Waals surface area contributed by atoms with Gasteiger partial charge in [0.25, 0.3) is 0 Å². The third kappa shape index (κ3) is 3.97. The minimum atomic E-state index is -0.102. The molecule has 0 spiro atoms. The first-order valence-electron chi connectivity index (χ1n) is 9.28. The molecule has 1 heterocycles. The minimum absolute atomic E-state index is 0.102. The molecular formula is C21H34O2. The maximum atomic E-state index is 6.43. The van der Waals surface area contributed by atoms with Crippen LogP contribution in [0.3, 0.4) is 0 Å². The monoisotopic (exact) mass is 318 g/mol. The van der Waals surface area contributed by atoms with Crippen molar-refractivity contribution >= 4 is 0 Å². The quantitative estimate of drug-likeness (QED) is 0.608. The van der Waals surface area contributed by atoms with Crippen LogP contribution >= 0.6 is 0 Å². The second-order valence-electron chi connectivity index (χ2n) is 7.53. The van der Waals surface area contributed by atoms with E-state index in [0.29, 0.717) is 6.61 Å². The Labute approximate surface area is 142 Å². The van der Waals surface area contributed by atoms with E-state index in [0.717, 1.165) is 32.0 Å². The van der Waals surface area contributed by atoms with Gasteiger partial charge in [-0.25, -0.2) is 0 Å². The van der Waals surface area contributed by atoms with Gasteiger partial charge >= 0.3 is 0 Å². The maximum Gasteiger partial charge on any atom is 0.0756 e. The molecule has 130 valence electrons. The standard InChI is InChI=1S/C21H34O2/c1-6-17(4)13-18-9-11-19(12-10-18)14-23-20(5,7-2)21(8-3)15-22-16-21/h9-12,17H,6-8,13-16H2,1-5H3. The van der Waals surface area contributed by atoms with E-state index < -0.39 is 0 Å². The van der Waals surface area contributed by atoms with E-state index in [1.165, 1.54) is 24.0 Å². The SMILES string of the molecule is CCC(C)Cc1ccc(COC(C)(CC)C2(CC)COC2)cc1. The molecular weight excluding hydrogens is 284 g/mol. The zero-order valence-electron chi connectivity index (χ0n) is 15.7. The molecule has 2 unspecified atom stereocenters. The smallest absolute Gasteiger partial charge is 0.0756 e. The first-order valence-corrected chi connectivity index (χ1v) is 9.28. The van der Waals surface area contributed by atoms with Gasteiger partial charge in [-0.3, -0.25) is 0 Å². The van der Waals surface area contributed by atoms with Crippen LogP contribution in [0, 0.1) is 11.3 Å². The van der Waals surface area contributed by atoms with Crippen molar-refractivity contribution in [3.8, 4) is 0 Å². The largest absolute Gasteiger partial charge is 0.380 e. The van der Waals surface area contributed by atoms with Crippen molar-refractivity contribution in [3.63, 3.8) is 0 Å². The summed E-state index contributed by atoms with van der Waals surface area (Å²) in [4.78, 5) is 0. The van der Waals surface area contributed by atoms with Gasteiger partial charge in [0.05, 0.1) is 25.4 Å². The van der Waals surface area contributed by atoms with Crippen molar-refractivity contribution in [2.45, 2.75) is 72.5 Å². The van der Waals surface area contributed by atoms with Gasteiger partial charge in [0.2, 0.25) is 0 Å². The zero-order valence-corrected chi connectivity index (χ0v) is 15.7. The average Bonchev–Trinajstić information content (AvgIpc) is 2.53. The molecule has 1 aliphatic rings. The van der Waals surface area contributed by atoms with Crippen LogP contribution in [0.25, 0.3) is 0 Å². The lowest BCUT2D eigenvalue weighted by Crippen LogP contribution is -2.59. The van der Waals surface area contributed by atoms with Crippen LogP contribution in [0.2, 0.25) is 0 Å². The molecule has 0 radical (unpaired) electrons. The summed E-state index contributed by atoms with van der Waals surface area (Å²) < 4.78 is 11.9. The highest BCUT2D eigenvalue weighted by Gasteiger charge is 2.52. The Morgan fingerprint density at radius 2 is 1.74 bits per heavy atom. The van der Waals surface area contributed by atoms with Gasteiger partial charge in [-0.2, -0.15) is 0 Å². The molecule has 0 amide bonds. The molecule has 0 bridgehead atoms. The van der Waals surface area contributed by atoms with Crippen LogP contribution in [-0.2, 0) is 22.5 Å². The molecule has 0 saturated carbocycles. The Morgan fingerprint density at radius 1 is 1.13 bits per heavy atom. The summed E-state index contributed by atoms with van der Waals surface area (Å²) in [5.74, 6) is 0.753. The summed E-state index contributed by atoms with van der Waals surface area (Å²) in [5, 5.41) is 0. The molecule has 23 heavy (non-hydrogen) atoms. The maximum absolute atomic E-state index is 6.43. The minimum Gasteiger partial charge on any atom is -0.380 e. The van der Waals surface area contributed by atoms with Crippen molar-refractivity contribution in [1.82, 2.24) is 0 Å². The fraction of sp³-hybridized carbons (Fsp3) is 0.714. The molecule has 0 aliphatic carbocycles. The number of benzene rings is 1. The Balaban J connectivity index is 1.96. The summed E-state index contributed by atoms with van der Waals surface area (Å²) in [6, 6.07) is 8.97. The number of ether oxygens (including phenoxy) is 2. The fourth-order valence-corrected chi connectivity index (χ4v) is 3.42. The second kappa shape index (κ2) is 7.81. The lowest BCUT2D eigenvalue weighted by molar-refractivity contribution is -0.241. The van der Waals surface area contributed by atoms with E-state index in [9.17, 15) is 0 Å². The highest BCUT2D eigenvalue weighted by atomic mass is 16.5. The molecule has 2 nitrogen and oxygen atoms in total. The molecule has 0 aromatic heterocycles. The Morgan fingerprint density at radius 3 is 2.17 bits per heavy atom. The molecule has 2 rings (SSSR count). The third-order valence-electron chi connectivity index (χ3n) is 6.09. The van der Waals surface area contributed by atoms with Gasteiger partial charge in [0, 0.05) is 5.41 Å². The van der Waals surface area contributed by atoms with Gasteiger partial charge in [-0.05, 0) is 43.2 Å². The van der Waals surface area contributed by atoms with Crippen LogP contribution in [-0.4, -0.2) is 18.8 Å². The van der Waals surface area contributed by atoms with Crippen LogP contribution in [0.5, 0.6) is 0 Å². The predicted octanol–water partition coefficient (Wildman–Crippen LogP) is 5.39. The van der Waals surface area contributed by atoms with Gasteiger partial charge in [-0.15, -0.1) is 0 Å². The summed E-state index contributed by atoms with van der Waals surface area (Å²) in [6.45, 7) is 13.7. The van der Waals surface area contributed by atoms with Crippen molar-refractivity contribution < 1.29 is 9.47 Å². The van der Waals surface area contributed by atoms with Gasteiger partial charge in [-0.1, -0.05) is 58.4 Å². The summed E-state index contributed by atoms with van der Waals surface area (Å²) >= 11 is 0. The predicted molar refractivity (Wildman–Crippen MR) is 96.6 cm³/mol. The first-order chi connectivity index (χ1) is 11.0. The van der Waals surface area contributed by atoms with Crippen molar-refractivity contribution in [2.24, 2.45) is 11.3 Å². The Bertz CT molecular complexity index is 470. The van der Waals surface area contributed by atoms with Crippen LogP contribution in [0.1, 0.15) is 65.0 Å². The first kappa shape index (κ1) is 18.5. The topological polar surface area (TPSA) is 18.5 Å². The van der Waals surface area contributed by atoms with Crippen molar-refractivity contribution in [2.75, 3.05) is 13.2 Å². The van der Waals surface area contributed by atoms with Gasteiger partial charge < -0.3 is 9.47 Å². The normalized spacial score (nSPS) is 20.6. The highest BCUT2D eigenvalue weighted by Crippen LogP contribution is 2.46. The average molecular weight is 319 g/mol. The molecule has 2 heteroatoms. The molecule has 2 atom stereocenters. The van der Waals surface area contributed by atoms with Crippen molar-refractivity contribution in [3.05, 3.63) is 35.4 Å². The molecule has 1 fully saturated rings. The van der Waals surface area contributed by atoms with E-state index in [2.05, 4.69) is 58.9 Å². The number of hydrogen-bond donors (Lipinski definition) is 0. The Kier molecular flexibility index (Phi) is 6.27. The second-order valence-corrected chi connectivity index (χ2v) is 7.53. The Hall–Kier alpha value is -0.860. The van der Waals surface area contributed by atoms with E-state index in [1.807, 2.05) is 0 Å². The molecule has 1 saturated heterocycles. The third-order valence-corrected chi connectivity index (χ3v) is 6.09. The number of rotatable bonds is 9. The van der Waals surface area contributed by atoms with E-state index >= 15 is 0 Å². The van der Waals surface area contributed by atoms with Crippen LogP contribution < -0.4 is 0 Å². The molecule has 0 N–H and O–H groups in total. The van der Waals surface area contributed by atoms with E-state index in [4.69, 9.17) is 9.47 Å². The highest BCUT2D eigenvalue weighted by molar-refractivity contribution is 5.22. The van der Waals surface area contributed by atoms with E-state index in [1.54, 1.807) is 0 Å². The summed E-state index contributed by atoms with van der Waals surface area (Å²) in [5.41, 5.74) is 2.79. The number of hydrogen-bond acceptors (Lipinski definition) is 2. The lowest BCUT2D eigenvalue weighted by atomic mass is 9.67. The van der Waals surface area contributed by atoms with Crippen LogP contribution in [0.4, 0.5) is 0 Å². The zero-order chi connectivity index (χ0) is 16.9. The fourth-order valence-electron chi connectivity index (χ4n) is 3.42. The molecule has 1 aliphatic heterocycles. The molecule has 1 aromatic carbocycles. The summed E-state index contributed by atoms with van der Waals surface area (Å²) in [7, 11) is 0. The lowest BCUT2D eigenvalue weighted by Gasteiger charge is -2.53. The van der Waals surface area contributed by atoms with Crippen LogP contribution in [0.15, 0.2) is 24.3 Å².